The molecule has 19 heavy (non-hydrogen) atoms. The first-order valence-electron chi connectivity index (χ1n) is 6.52. The molecule has 5 heteroatoms. The van der Waals surface area contributed by atoms with Gasteiger partial charge in [0.05, 0.1) is 4.34 Å². The molecule has 0 bridgehead atoms. The van der Waals surface area contributed by atoms with Crippen molar-refractivity contribution in [3.8, 4) is 0 Å². The van der Waals surface area contributed by atoms with Crippen LogP contribution in [0.3, 0.4) is 0 Å². The average molecular weight is 300 g/mol. The van der Waals surface area contributed by atoms with E-state index < -0.39 is 0 Å². The molecular weight excluding hydrogens is 282 g/mol. The number of piperidine rings is 1. The predicted octanol–water partition coefficient (Wildman–Crippen LogP) is 3.04. The molecule has 0 radical (unpaired) electrons. The third kappa shape index (κ3) is 4.34. The SMILES string of the molecule is O=C(/C=C/c1ccc(Cl)s1)N1CCCC(CCO)C1. The first-order valence-corrected chi connectivity index (χ1v) is 7.71. The Kier molecular flexibility index (Phi) is 5.43. The van der Waals surface area contributed by atoms with Crippen molar-refractivity contribution in [2.24, 2.45) is 5.92 Å². The monoisotopic (exact) mass is 299 g/mol. The van der Waals surface area contributed by atoms with E-state index in [0.29, 0.717) is 5.92 Å². The summed E-state index contributed by atoms with van der Waals surface area (Å²) in [6, 6.07) is 3.73. The Morgan fingerprint density at radius 1 is 1.58 bits per heavy atom. The van der Waals surface area contributed by atoms with Crippen molar-refractivity contribution in [2.75, 3.05) is 19.7 Å². The third-order valence-electron chi connectivity index (χ3n) is 3.35. The highest BCUT2D eigenvalue weighted by molar-refractivity contribution is 7.17. The molecule has 1 fully saturated rings. The van der Waals surface area contributed by atoms with Crippen molar-refractivity contribution in [2.45, 2.75) is 19.3 Å². The molecule has 1 aliphatic heterocycles. The number of halogens is 1. The second-order valence-corrected chi connectivity index (χ2v) is 6.53. The number of carbonyl (C=O) groups excluding carboxylic acids is 1. The normalized spacial score (nSPS) is 20.1. The van der Waals surface area contributed by atoms with E-state index in [-0.39, 0.29) is 12.5 Å². The molecule has 1 amide bonds. The topological polar surface area (TPSA) is 40.5 Å². The summed E-state index contributed by atoms with van der Waals surface area (Å²) >= 11 is 7.30. The van der Waals surface area contributed by atoms with Crippen molar-refractivity contribution in [1.29, 1.82) is 0 Å². The maximum atomic E-state index is 12.1. The molecule has 3 nitrogen and oxygen atoms in total. The second-order valence-electron chi connectivity index (χ2n) is 4.78. The van der Waals surface area contributed by atoms with Crippen LogP contribution in [0.15, 0.2) is 18.2 Å². The molecule has 1 N–H and O–H groups in total. The Labute approximate surface area is 122 Å². The Hall–Kier alpha value is -0.840. The standard InChI is InChI=1S/C14H18ClNO2S/c15-13-5-3-12(19-13)4-6-14(18)16-8-1-2-11(10-16)7-9-17/h3-6,11,17H,1-2,7-10H2/b6-4+. The van der Waals surface area contributed by atoms with Crippen LogP contribution in [-0.2, 0) is 4.79 Å². The third-order valence-corrected chi connectivity index (χ3v) is 4.55. The van der Waals surface area contributed by atoms with E-state index in [1.807, 2.05) is 23.1 Å². The fourth-order valence-electron chi connectivity index (χ4n) is 2.36. The summed E-state index contributed by atoms with van der Waals surface area (Å²) in [5.74, 6) is 0.486. The van der Waals surface area contributed by atoms with Crippen LogP contribution in [-0.4, -0.2) is 35.6 Å². The van der Waals surface area contributed by atoms with E-state index in [2.05, 4.69) is 0 Å². The molecule has 2 rings (SSSR count). The van der Waals surface area contributed by atoms with Gasteiger partial charge in [-0.3, -0.25) is 4.79 Å². The summed E-state index contributed by atoms with van der Waals surface area (Å²) in [5.41, 5.74) is 0. The summed E-state index contributed by atoms with van der Waals surface area (Å²) in [5, 5.41) is 8.97. The minimum absolute atomic E-state index is 0.0483. The maximum absolute atomic E-state index is 12.1. The summed E-state index contributed by atoms with van der Waals surface area (Å²) in [6.07, 6.45) is 6.34. The van der Waals surface area contributed by atoms with Crippen molar-refractivity contribution in [3.63, 3.8) is 0 Å². The molecule has 0 spiro atoms. The molecule has 104 valence electrons. The Balaban J connectivity index is 1.90. The van der Waals surface area contributed by atoms with Gasteiger partial charge in [0.15, 0.2) is 0 Å². The number of nitrogens with zero attached hydrogens (tertiary/aromatic N) is 1. The zero-order chi connectivity index (χ0) is 13.7. The number of amides is 1. The van der Waals surface area contributed by atoms with Crippen LogP contribution in [0.4, 0.5) is 0 Å². The molecular formula is C14H18ClNO2S. The van der Waals surface area contributed by atoms with Gasteiger partial charge in [0.25, 0.3) is 0 Å². The van der Waals surface area contributed by atoms with Gasteiger partial charge in [0.1, 0.15) is 0 Å². The van der Waals surface area contributed by atoms with Gasteiger partial charge in [0.2, 0.25) is 5.91 Å². The molecule has 1 aromatic heterocycles. The molecule has 2 heterocycles. The van der Waals surface area contributed by atoms with Crippen molar-refractivity contribution in [1.82, 2.24) is 4.90 Å². The lowest BCUT2D eigenvalue weighted by Crippen LogP contribution is -2.39. The van der Waals surface area contributed by atoms with Gasteiger partial charge in [-0.1, -0.05) is 11.6 Å². The first kappa shape index (κ1) is 14.6. The molecule has 1 atom stereocenters. The number of aliphatic hydroxyl groups excluding tert-OH is 1. The quantitative estimate of drug-likeness (QED) is 0.868. The fraction of sp³-hybridized carbons (Fsp3) is 0.500. The average Bonchev–Trinajstić information content (AvgIpc) is 2.82. The minimum Gasteiger partial charge on any atom is -0.396 e. The Bertz CT molecular complexity index is 456. The van der Waals surface area contributed by atoms with Gasteiger partial charge in [-0.15, -0.1) is 11.3 Å². The molecule has 1 unspecified atom stereocenters. The number of rotatable bonds is 4. The van der Waals surface area contributed by atoms with E-state index in [1.165, 1.54) is 11.3 Å². The predicted molar refractivity (Wildman–Crippen MR) is 79.4 cm³/mol. The van der Waals surface area contributed by atoms with Gasteiger partial charge in [-0.25, -0.2) is 0 Å². The van der Waals surface area contributed by atoms with Crippen LogP contribution < -0.4 is 0 Å². The molecule has 1 aromatic rings. The highest BCUT2D eigenvalue weighted by Gasteiger charge is 2.21. The number of hydrogen-bond donors (Lipinski definition) is 1. The molecule has 0 aliphatic carbocycles. The number of hydrogen-bond acceptors (Lipinski definition) is 3. The first-order chi connectivity index (χ1) is 9.19. The zero-order valence-electron chi connectivity index (χ0n) is 10.7. The van der Waals surface area contributed by atoms with Gasteiger partial charge < -0.3 is 10.0 Å². The maximum Gasteiger partial charge on any atom is 0.246 e. The number of aliphatic hydroxyl groups is 1. The van der Waals surface area contributed by atoms with E-state index in [4.69, 9.17) is 16.7 Å². The summed E-state index contributed by atoms with van der Waals surface area (Å²) in [7, 11) is 0. The number of likely N-dealkylation sites (tertiary alicyclic amines) is 1. The van der Waals surface area contributed by atoms with Crippen LogP contribution >= 0.6 is 22.9 Å². The Morgan fingerprint density at radius 2 is 2.42 bits per heavy atom. The van der Waals surface area contributed by atoms with Crippen LogP contribution in [0.2, 0.25) is 4.34 Å². The largest absolute Gasteiger partial charge is 0.396 e. The lowest BCUT2D eigenvalue weighted by Gasteiger charge is -2.31. The lowest BCUT2D eigenvalue weighted by atomic mass is 9.95. The number of thiophene rings is 1. The molecule has 1 aliphatic rings. The molecule has 0 aromatic carbocycles. The second kappa shape index (κ2) is 7.08. The van der Waals surface area contributed by atoms with Crippen molar-refractivity contribution >= 4 is 34.9 Å². The summed E-state index contributed by atoms with van der Waals surface area (Å²) in [4.78, 5) is 14.9. The summed E-state index contributed by atoms with van der Waals surface area (Å²) < 4.78 is 0.730. The smallest absolute Gasteiger partial charge is 0.246 e. The van der Waals surface area contributed by atoms with E-state index >= 15 is 0 Å². The van der Waals surface area contributed by atoms with Gasteiger partial charge in [-0.2, -0.15) is 0 Å². The Morgan fingerprint density at radius 3 is 3.11 bits per heavy atom. The highest BCUT2D eigenvalue weighted by Crippen LogP contribution is 2.23. The van der Waals surface area contributed by atoms with Crippen LogP contribution in [0, 0.1) is 5.92 Å². The van der Waals surface area contributed by atoms with E-state index in [0.717, 1.165) is 41.6 Å². The van der Waals surface area contributed by atoms with Gasteiger partial charge in [0, 0.05) is 30.6 Å². The van der Waals surface area contributed by atoms with E-state index in [9.17, 15) is 4.79 Å². The van der Waals surface area contributed by atoms with E-state index in [1.54, 1.807) is 6.08 Å². The van der Waals surface area contributed by atoms with Gasteiger partial charge in [-0.05, 0) is 43.4 Å². The zero-order valence-corrected chi connectivity index (χ0v) is 12.3. The minimum atomic E-state index is 0.0483. The van der Waals surface area contributed by atoms with Crippen LogP contribution in [0.5, 0.6) is 0 Å². The number of carbonyl (C=O) groups is 1. The highest BCUT2D eigenvalue weighted by atomic mass is 35.5. The fourth-order valence-corrected chi connectivity index (χ4v) is 3.32. The summed E-state index contributed by atoms with van der Waals surface area (Å²) in [6.45, 7) is 1.78. The molecule has 1 saturated heterocycles. The van der Waals surface area contributed by atoms with Crippen LogP contribution in [0.1, 0.15) is 24.1 Å². The van der Waals surface area contributed by atoms with Crippen molar-refractivity contribution in [3.05, 3.63) is 27.4 Å². The van der Waals surface area contributed by atoms with Crippen LogP contribution in [0.25, 0.3) is 6.08 Å². The molecule has 0 saturated carbocycles. The van der Waals surface area contributed by atoms with Crippen molar-refractivity contribution < 1.29 is 9.90 Å². The van der Waals surface area contributed by atoms with Gasteiger partial charge >= 0.3 is 0 Å². The lowest BCUT2D eigenvalue weighted by molar-refractivity contribution is -0.127.